The minimum Gasteiger partial charge on any atom is -0.468 e. The molecule has 1 saturated heterocycles. The molecule has 0 spiro atoms. The van der Waals surface area contributed by atoms with Gasteiger partial charge in [-0.25, -0.2) is 6.57 Å². The van der Waals surface area contributed by atoms with Gasteiger partial charge in [-0.05, 0) is 0 Å². The number of esters is 1. The fourth-order valence-electron chi connectivity index (χ4n) is 1.14. The van der Waals surface area contributed by atoms with Crippen molar-refractivity contribution in [3.8, 4) is 0 Å². The van der Waals surface area contributed by atoms with Crippen molar-refractivity contribution in [2.24, 2.45) is 0 Å². The fourth-order valence-corrected chi connectivity index (χ4v) is 1.14. The standard InChI is InChI=1S/C7H10N2O2/c1-8-5-3-6(9-4-5)7(10)11-2/h5-6,9H,3-4H2,2H3/t5-,6+/m1/s1. The molecule has 0 radical (unpaired) electrons. The lowest BCUT2D eigenvalue weighted by Gasteiger charge is -2.04. The summed E-state index contributed by atoms with van der Waals surface area (Å²) in [5.74, 6) is -0.267. The number of carbonyl (C=O) groups excluding carboxylic acids is 1. The third kappa shape index (κ3) is 1.69. The number of ether oxygens (including phenoxy) is 1. The Hall–Kier alpha value is -1.08. The molecule has 0 aromatic carbocycles. The highest BCUT2D eigenvalue weighted by atomic mass is 16.5. The number of methoxy groups -OCH3 is 1. The van der Waals surface area contributed by atoms with E-state index in [-0.39, 0.29) is 18.1 Å². The molecule has 0 aliphatic carbocycles. The summed E-state index contributed by atoms with van der Waals surface area (Å²) in [5, 5.41) is 2.92. The molecule has 2 atom stereocenters. The lowest BCUT2D eigenvalue weighted by atomic mass is 10.2. The molecule has 11 heavy (non-hydrogen) atoms. The van der Waals surface area contributed by atoms with Crippen molar-refractivity contribution in [2.75, 3.05) is 13.7 Å². The summed E-state index contributed by atoms with van der Waals surface area (Å²) in [6.07, 6.45) is 0.580. The van der Waals surface area contributed by atoms with E-state index in [4.69, 9.17) is 6.57 Å². The molecule has 1 N–H and O–H groups in total. The normalized spacial score (nSPS) is 29.5. The highest BCUT2D eigenvalue weighted by Crippen LogP contribution is 2.10. The second kappa shape index (κ2) is 3.35. The van der Waals surface area contributed by atoms with Crippen LogP contribution in [0.1, 0.15) is 6.42 Å². The van der Waals surface area contributed by atoms with Crippen LogP contribution < -0.4 is 5.32 Å². The van der Waals surface area contributed by atoms with Crippen LogP contribution >= 0.6 is 0 Å². The van der Waals surface area contributed by atoms with Crippen LogP contribution in [0.15, 0.2) is 0 Å². The van der Waals surface area contributed by atoms with Crippen molar-refractivity contribution in [1.29, 1.82) is 0 Å². The third-order valence-electron chi connectivity index (χ3n) is 1.78. The quantitative estimate of drug-likeness (QED) is 0.420. The number of nitrogens with one attached hydrogen (secondary N) is 1. The third-order valence-corrected chi connectivity index (χ3v) is 1.78. The maximum Gasteiger partial charge on any atom is 0.323 e. The van der Waals surface area contributed by atoms with Gasteiger partial charge >= 0.3 is 5.97 Å². The Morgan fingerprint density at radius 1 is 1.82 bits per heavy atom. The molecule has 0 aromatic rings. The van der Waals surface area contributed by atoms with Crippen LogP contribution in [0.5, 0.6) is 0 Å². The van der Waals surface area contributed by atoms with E-state index in [9.17, 15) is 4.79 Å². The van der Waals surface area contributed by atoms with Crippen LogP contribution in [0.25, 0.3) is 4.85 Å². The van der Waals surface area contributed by atoms with E-state index in [1.54, 1.807) is 0 Å². The number of carbonyl (C=O) groups is 1. The zero-order chi connectivity index (χ0) is 8.27. The molecule has 60 valence electrons. The Balaban J connectivity index is 2.43. The van der Waals surface area contributed by atoms with Crippen LogP contribution in [-0.2, 0) is 9.53 Å². The number of hydrogen-bond donors (Lipinski definition) is 1. The van der Waals surface area contributed by atoms with E-state index in [0.717, 1.165) is 0 Å². The highest BCUT2D eigenvalue weighted by Gasteiger charge is 2.33. The average Bonchev–Trinajstić information content (AvgIpc) is 2.50. The summed E-state index contributed by atoms with van der Waals surface area (Å²) in [6, 6.07) is -0.321. The molecule has 1 aliphatic rings. The van der Waals surface area contributed by atoms with Gasteiger partial charge in [0.2, 0.25) is 6.04 Å². The van der Waals surface area contributed by atoms with E-state index in [1.807, 2.05) is 0 Å². The summed E-state index contributed by atoms with van der Waals surface area (Å²) >= 11 is 0. The summed E-state index contributed by atoms with van der Waals surface area (Å²) in [5.41, 5.74) is 0. The van der Waals surface area contributed by atoms with Gasteiger partial charge in [-0.2, -0.15) is 0 Å². The van der Waals surface area contributed by atoms with Gasteiger partial charge in [0, 0.05) is 0 Å². The lowest BCUT2D eigenvalue weighted by Crippen LogP contribution is -2.31. The molecule has 0 amide bonds. The largest absolute Gasteiger partial charge is 0.468 e. The fraction of sp³-hybridized carbons (Fsp3) is 0.714. The summed E-state index contributed by atoms with van der Waals surface area (Å²) in [6.45, 7) is 7.32. The molecule has 0 bridgehead atoms. The van der Waals surface area contributed by atoms with E-state index < -0.39 is 0 Å². The Morgan fingerprint density at radius 2 is 2.55 bits per heavy atom. The molecule has 1 aliphatic heterocycles. The molecule has 1 heterocycles. The number of hydrogen-bond acceptors (Lipinski definition) is 3. The average molecular weight is 154 g/mol. The van der Waals surface area contributed by atoms with Crippen molar-refractivity contribution < 1.29 is 9.53 Å². The van der Waals surface area contributed by atoms with Crippen molar-refractivity contribution in [3.05, 3.63) is 11.4 Å². The summed E-state index contributed by atoms with van der Waals surface area (Å²) < 4.78 is 4.52. The van der Waals surface area contributed by atoms with Gasteiger partial charge in [-0.15, -0.1) is 0 Å². The predicted octanol–water partition coefficient (Wildman–Crippen LogP) is -0.191. The van der Waals surface area contributed by atoms with Crippen LogP contribution in [0, 0.1) is 6.57 Å². The topological polar surface area (TPSA) is 42.7 Å². The zero-order valence-corrected chi connectivity index (χ0v) is 6.33. The van der Waals surface area contributed by atoms with Crippen molar-refractivity contribution >= 4 is 5.97 Å². The lowest BCUT2D eigenvalue weighted by molar-refractivity contribution is -0.142. The van der Waals surface area contributed by atoms with Crippen LogP contribution in [0.2, 0.25) is 0 Å². The number of rotatable bonds is 1. The number of nitrogens with zero attached hydrogens (tertiary/aromatic N) is 1. The van der Waals surface area contributed by atoms with Gasteiger partial charge in [0.15, 0.2) is 0 Å². The Bertz CT molecular complexity index is 197. The first-order valence-corrected chi connectivity index (χ1v) is 3.45. The molecule has 0 unspecified atom stereocenters. The Kier molecular flexibility index (Phi) is 2.44. The molecule has 1 rings (SSSR count). The maximum atomic E-state index is 10.9. The van der Waals surface area contributed by atoms with Crippen LogP contribution in [0.3, 0.4) is 0 Å². The molecule has 0 aromatic heterocycles. The minimum atomic E-state index is -0.267. The summed E-state index contributed by atoms with van der Waals surface area (Å²) in [7, 11) is 1.36. The first-order chi connectivity index (χ1) is 5.27. The van der Waals surface area contributed by atoms with Gasteiger partial charge < -0.3 is 9.58 Å². The van der Waals surface area contributed by atoms with Crippen LogP contribution in [0.4, 0.5) is 0 Å². The highest BCUT2D eigenvalue weighted by molar-refractivity contribution is 5.76. The molecular weight excluding hydrogens is 144 g/mol. The first kappa shape index (κ1) is 8.02. The van der Waals surface area contributed by atoms with Gasteiger partial charge in [0.05, 0.1) is 20.1 Å². The predicted molar refractivity (Wildman–Crippen MR) is 38.8 cm³/mol. The van der Waals surface area contributed by atoms with E-state index >= 15 is 0 Å². The van der Waals surface area contributed by atoms with E-state index in [2.05, 4.69) is 14.9 Å². The van der Waals surface area contributed by atoms with Crippen LogP contribution in [-0.4, -0.2) is 31.7 Å². The van der Waals surface area contributed by atoms with Gasteiger partial charge in [-0.3, -0.25) is 10.1 Å². The van der Waals surface area contributed by atoms with Crippen molar-refractivity contribution in [2.45, 2.75) is 18.5 Å². The Morgan fingerprint density at radius 3 is 3.00 bits per heavy atom. The monoisotopic (exact) mass is 154 g/mol. The smallest absolute Gasteiger partial charge is 0.323 e. The van der Waals surface area contributed by atoms with Crippen molar-refractivity contribution in [1.82, 2.24) is 5.32 Å². The Labute approximate surface area is 65.4 Å². The SMILES string of the molecule is [C-]#[N+][C@H]1CN[C@H](C(=O)OC)C1. The molecule has 4 heteroatoms. The molecule has 1 fully saturated rings. The molecule has 4 nitrogen and oxygen atoms in total. The van der Waals surface area contributed by atoms with E-state index in [0.29, 0.717) is 13.0 Å². The van der Waals surface area contributed by atoms with Gasteiger partial charge in [0.25, 0.3) is 0 Å². The minimum absolute atomic E-state index is 0.0564. The zero-order valence-electron chi connectivity index (χ0n) is 6.33. The summed E-state index contributed by atoms with van der Waals surface area (Å²) in [4.78, 5) is 14.2. The maximum absolute atomic E-state index is 10.9. The van der Waals surface area contributed by atoms with E-state index in [1.165, 1.54) is 7.11 Å². The second-order valence-corrected chi connectivity index (χ2v) is 2.50. The molecular formula is C7H10N2O2. The second-order valence-electron chi connectivity index (χ2n) is 2.50. The molecule has 0 saturated carbocycles. The first-order valence-electron chi connectivity index (χ1n) is 3.45. The van der Waals surface area contributed by atoms with Gasteiger partial charge in [0.1, 0.15) is 6.04 Å². The van der Waals surface area contributed by atoms with Gasteiger partial charge in [-0.1, -0.05) is 0 Å². The van der Waals surface area contributed by atoms with Crippen molar-refractivity contribution in [3.63, 3.8) is 0 Å².